The lowest BCUT2D eigenvalue weighted by Gasteiger charge is -2.33. The third-order valence-corrected chi connectivity index (χ3v) is 3.26. The molecule has 1 saturated heterocycles. The maximum atomic E-state index is 11.9. The number of piperidine rings is 1. The number of amides is 1. The van der Waals surface area contributed by atoms with E-state index in [0.29, 0.717) is 13.0 Å². The second-order valence-electron chi connectivity index (χ2n) is 5.81. The van der Waals surface area contributed by atoms with Gasteiger partial charge in [-0.2, -0.15) is 0 Å². The molecule has 0 aromatic carbocycles. The van der Waals surface area contributed by atoms with Crippen LogP contribution in [0.25, 0.3) is 0 Å². The van der Waals surface area contributed by atoms with Crippen LogP contribution in [0.4, 0.5) is 0 Å². The standard InChI is InChI=1S/C12H24N2O2/c1-12(2,3)10(13)7-11(16)14-6-4-5-9(15)8-14/h9-10,15H,4-8,13H2,1-3H3. The highest BCUT2D eigenvalue weighted by Gasteiger charge is 2.27. The molecule has 1 fully saturated rings. The van der Waals surface area contributed by atoms with Crippen LogP contribution in [0.3, 0.4) is 0 Å². The normalized spacial score (nSPS) is 24.3. The van der Waals surface area contributed by atoms with Gasteiger partial charge in [0.05, 0.1) is 6.10 Å². The molecule has 1 rings (SSSR count). The summed E-state index contributed by atoms with van der Waals surface area (Å²) in [4.78, 5) is 13.7. The van der Waals surface area contributed by atoms with E-state index in [-0.39, 0.29) is 23.5 Å². The van der Waals surface area contributed by atoms with Crippen LogP contribution in [0, 0.1) is 5.41 Å². The number of rotatable bonds is 2. The maximum absolute atomic E-state index is 11.9. The SMILES string of the molecule is CC(C)(C)C(N)CC(=O)N1CCCC(O)C1. The summed E-state index contributed by atoms with van der Waals surface area (Å²) in [5.74, 6) is 0.0705. The molecule has 0 saturated carbocycles. The fraction of sp³-hybridized carbons (Fsp3) is 0.917. The molecule has 0 aromatic rings. The van der Waals surface area contributed by atoms with Gasteiger partial charge in [-0.05, 0) is 18.3 Å². The van der Waals surface area contributed by atoms with E-state index in [1.807, 2.05) is 20.8 Å². The molecule has 16 heavy (non-hydrogen) atoms. The van der Waals surface area contributed by atoms with Crippen LogP contribution in [0.1, 0.15) is 40.0 Å². The molecule has 2 atom stereocenters. The highest BCUT2D eigenvalue weighted by molar-refractivity contribution is 5.77. The van der Waals surface area contributed by atoms with Gasteiger partial charge in [0.25, 0.3) is 0 Å². The summed E-state index contributed by atoms with van der Waals surface area (Å²) in [5, 5.41) is 9.50. The molecule has 1 aliphatic rings. The third kappa shape index (κ3) is 3.76. The smallest absolute Gasteiger partial charge is 0.224 e. The molecule has 3 N–H and O–H groups in total. The van der Waals surface area contributed by atoms with Crippen LogP contribution in [0.15, 0.2) is 0 Å². The molecule has 1 heterocycles. The molecule has 1 amide bonds. The van der Waals surface area contributed by atoms with Gasteiger partial charge in [-0.15, -0.1) is 0 Å². The Labute approximate surface area is 97.8 Å². The van der Waals surface area contributed by atoms with Crippen molar-refractivity contribution in [3.8, 4) is 0 Å². The fourth-order valence-corrected chi connectivity index (χ4v) is 1.80. The molecule has 1 aliphatic heterocycles. The van der Waals surface area contributed by atoms with Crippen LogP contribution in [0.2, 0.25) is 0 Å². The number of nitrogens with zero attached hydrogens (tertiary/aromatic N) is 1. The molecule has 4 nitrogen and oxygen atoms in total. The number of carbonyl (C=O) groups excluding carboxylic acids is 1. The first-order chi connectivity index (χ1) is 7.30. The lowest BCUT2D eigenvalue weighted by atomic mass is 9.85. The first-order valence-electron chi connectivity index (χ1n) is 6.02. The quantitative estimate of drug-likeness (QED) is 0.732. The molecular formula is C12H24N2O2. The summed E-state index contributed by atoms with van der Waals surface area (Å²) >= 11 is 0. The van der Waals surface area contributed by atoms with E-state index in [1.54, 1.807) is 4.90 Å². The number of hydrogen-bond acceptors (Lipinski definition) is 3. The number of hydrogen-bond donors (Lipinski definition) is 2. The number of likely N-dealkylation sites (tertiary alicyclic amines) is 1. The molecule has 0 aliphatic carbocycles. The van der Waals surface area contributed by atoms with Crippen molar-refractivity contribution in [2.24, 2.45) is 11.1 Å². The monoisotopic (exact) mass is 228 g/mol. The van der Waals surface area contributed by atoms with Crippen molar-refractivity contribution in [3.05, 3.63) is 0 Å². The van der Waals surface area contributed by atoms with Crippen LogP contribution in [-0.4, -0.2) is 41.1 Å². The Hall–Kier alpha value is -0.610. The molecule has 0 aromatic heterocycles. The number of aliphatic hydroxyl groups excluding tert-OH is 1. The minimum atomic E-state index is -0.358. The summed E-state index contributed by atoms with van der Waals surface area (Å²) in [6.07, 6.45) is 1.70. The van der Waals surface area contributed by atoms with Gasteiger partial charge in [0.2, 0.25) is 5.91 Å². The maximum Gasteiger partial charge on any atom is 0.224 e. The Morgan fingerprint density at radius 1 is 1.56 bits per heavy atom. The van der Waals surface area contributed by atoms with E-state index in [2.05, 4.69) is 0 Å². The Morgan fingerprint density at radius 2 is 2.19 bits per heavy atom. The van der Waals surface area contributed by atoms with Crippen molar-refractivity contribution >= 4 is 5.91 Å². The highest BCUT2D eigenvalue weighted by atomic mass is 16.3. The average Bonchev–Trinajstić information content (AvgIpc) is 2.16. The molecular weight excluding hydrogens is 204 g/mol. The Kier molecular flexibility index (Phi) is 4.33. The van der Waals surface area contributed by atoms with E-state index >= 15 is 0 Å². The second kappa shape index (κ2) is 5.15. The molecule has 0 spiro atoms. The molecule has 4 heteroatoms. The largest absolute Gasteiger partial charge is 0.391 e. The lowest BCUT2D eigenvalue weighted by Crippen LogP contribution is -2.46. The first-order valence-corrected chi connectivity index (χ1v) is 6.02. The van der Waals surface area contributed by atoms with E-state index in [1.165, 1.54) is 0 Å². The van der Waals surface area contributed by atoms with Crippen molar-refractivity contribution in [1.29, 1.82) is 0 Å². The van der Waals surface area contributed by atoms with E-state index < -0.39 is 0 Å². The van der Waals surface area contributed by atoms with Crippen molar-refractivity contribution in [1.82, 2.24) is 4.90 Å². The molecule has 94 valence electrons. The fourth-order valence-electron chi connectivity index (χ4n) is 1.80. The second-order valence-corrected chi connectivity index (χ2v) is 5.81. The Morgan fingerprint density at radius 3 is 2.69 bits per heavy atom. The first kappa shape index (κ1) is 13.5. The van der Waals surface area contributed by atoms with Crippen LogP contribution >= 0.6 is 0 Å². The van der Waals surface area contributed by atoms with E-state index in [4.69, 9.17) is 5.73 Å². The summed E-state index contributed by atoms with van der Waals surface area (Å²) in [5.41, 5.74) is 5.93. The van der Waals surface area contributed by atoms with Crippen molar-refractivity contribution < 1.29 is 9.90 Å². The van der Waals surface area contributed by atoms with Gasteiger partial charge in [0.1, 0.15) is 0 Å². The predicted octanol–water partition coefficient (Wildman–Crippen LogP) is 0.733. The summed E-state index contributed by atoms with van der Waals surface area (Å²) in [6.45, 7) is 7.34. The van der Waals surface area contributed by atoms with Gasteiger partial charge in [0, 0.05) is 25.6 Å². The Balaban J connectivity index is 2.46. The van der Waals surface area contributed by atoms with Gasteiger partial charge in [0.15, 0.2) is 0 Å². The molecule has 2 unspecified atom stereocenters. The van der Waals surface area contributed by atoms with Gasteiger partial charge in [-0.1, -0.05) is 20.8 Å². The van der Waals surface area contributed by atoms with Crippen molar-refractivity contribution in [2.75, 3.05) is 13.1 Å². The van der Waals surface area contributed by atoms with Gasteiger partial charge < -0.3 is 15.7 Å². The highest BCUT2D eigenvalue weighted by Crippen LogP contribution is 2.21. The summed E-state index contributed by atoms with van der Waals surface area (Å²) in [6, 6.07) is -0.126. The Bertz CT molecular complexity index is 248. The number of nitrogens with two attached hydrogens (primary N) is 1. The lowest BCUT2D eigenvalue weighted by molar-refractivity contribution is -0.135. The van der Waals surface area contributed by atoms with Crippen LogP contribution < -0.4 is 5.73 Å². The van der Waals surface area contributed by atoms with E-state index in [0.717, 1.165) is 19.4 Å². The van der Waals surface area contributed by atoms with Crippen molar-refractivity contribution in [3.63, 3.8) is 0 Å². The van der Waals surface area contributed by atoms with E-state index in [9.17, 15) is 9.90 Å². The van der Waals surface area contributed by atoms with Gasteiger partial charge in [-0.25, -0.2) is 0 Å². The minimum Gasteiger partial charge on any atom is -0.391 e. The zero-order chi connectivity index (χ0) is 12.3. The van der Waals surface area contributed by atoms with Gasteiger partial charge in [-0.3, -0.25) is 4.79 Å². The van der Waals surface area contributed by atoms with Gasteiger partial charge >= 0.3 is 0 Å². The number of carbonyl (C=O) groups is 1. The van der Waals surface area contributed by atoms with Crippen LogP contribution in [0.5, 0.6) is 0 Å². The summed E-state index contributed by atoms with van der Waals surface area (Å²) < 4.78 is 0. The zero-order valence-electron chi connectivity index (χ0n) is 10.6. The number of β-amino-alcohol motifs (C(OH)–C–C–N with tert-alkyl or cyclic N) is 1. The summed E-state index contributed by atoms with van der Waals surface area (Å²) in [7, 11) is 0. The third-order valence-electron chi connectivity index (χ3n) is 3.26. The topological polar surface area (TPSA) is 66.6 Å². The van der Waals surface area contributed by atoms with Crippen molar-refractivity contribution in [2.45, 2.75) is 52.2 Å². The molecule has 0 bridgehead atoms. The van der Waals surface area contributed by atoms with Crippen LogP contribution in [-0.2, 0) is 4.79 Å². The predicted molar refractivity (Wildman–Crippen MR) is 63.9 cm³/mol. The average molecular weight is 228 g/mol. The number of aliphatic hydroxyl groups is 1. The molecule has 0 radical (unpaired) electrons. The zero-order valence-corrected chi connectivity index (χ0v) is 10.6. The minimum absolute atomic E-state index is 0.0515.